The van der Waals surface area contributed by atoms with Crippen molar-refractivity contribution in [3.05, 3.63) is 72.1 Å². The number of hydrogen-bond acceptors (Lipinski definition) is 4. The summed E-state index contributed by atoms with van der Waals surface area (Å²) < 4.78 is 0. The largest absolute Gasteiger partial charge is 0.507 e. The Morgan fingerprint density at radius 2 is 2.08 bits per heavy atom. The van der Waals surface area contributed by atoms with E-state index in [-0.39, 0.29) is 18.1 Å². The minimum atomic E-state index is -0.236. The number of aromatic nitrogens is 2. The van der Waals surface area contributed by atoms with Crippen LogP contribution >= 0.6 is 0 Å². The van der Waals surface area contributed by atoms with Crippen LogP contribution in [0.3, 0.4) is 0 Å². The molecule has 26 heavy (non-hydrogen) atoms. The summed E-state index contributed by atoms with van der Waals surface area (Å²) >= 11 is 0. The summed E-state index contributed by atoms with van der Waals surface area (Å²) in [6.07, 6.45) is 3.27. The first-order valence-corrected chi connectivity index (χ1v) is 8.15. The van der Waals surface area contributed by atoms with Crippen LogP contribution in [0.1, 0.15) is 11.1 Å². The van der Waals surface area contributed by atoms with Crippen molar-refractivity contribution in [1.82, 2.24) is 15.4 Å². The zero-order valence-corrected chi connectivity index (χ0v) is 13.8. The smallest absolute Gasteiger partial charge is 0.244 e. The number of phenolic OH excluding ortho intramolecular Hbond substituents is 1. The van der Waals surface area contributed by atoms with Crippen molar-refractivity contribution < 1.29 is 9.90 Å². The van der Waals surface area contributed by atoms with E-state index >= 15 is 0 Å². The lowest BCUT2D eigenvalue weighted by Crippen LogP contribution is -2.19. The van der Waals surface area contributed by atoms with Crippen LogP contribution in [-0.2, 0) is 11.2 Å². The van der Waals surface area contributed by atoms with Crippen LogP contribution in [0, 0.1) is 0 Å². The first-order valence-electron chi connectivity index (χ1n) is 8.15. The van der Waals surface area contributed by atoms with Crippen LogP contribution in [0.4, 0.5) is 0 Å². The Bertz CT molecular complexity index is 1130. The van der Waals surface area contributed by atoms with E-state index in [1.165, 1.54) is 6.21 Å². The summed E-state index contributed by atoms with van der Waals surface area (Å²) in [5.41, 5.74) is 5.65. The molecule has 6 heteroatoms. The van der Waals surface area contributed by atoms with Crippen molar-refractivity contribution in [3.63, 3.8) is 0 Å². The molecule has 0 spiro atoms. The molecule has 0 saturated carbocycles. The van der Waals surface area contributed by atoms with Crippen LogP contribution in [0.5, 0.6) is 5.75 Å². The number of hydrogen-bond donors (Lipinski definition) is 3. The lowest BCUT2D eigenvalue weighted by molar-refractivity contribution is -0.120. The van der Waals surface area contributed by atoms with Gasteiger partial charge in [0.1, 0.15) is 5.75 Å². The summed E-state index contributed by atoms with van der Waals surface area (Å²) in [6, 6.07) is 16.8. The number of phenols is 1. The molecule has 3 N–H and O–H groups in total. The van der Waals surface area contributed by atoms with Crippen molar-refractivity contribution in [3.8, 4) is 5.75 Å². The Labute approximate surface area is 149 Å². The number of benzene rings is 3. The van der Waals surface area contributed by atoms with E-state index in [0.29, 0.717) is 5.56 Å². The number of carbonyl (C=O) groups is 1. The third-order valence-corrected chi connectivity index (χ3v) is 4.17. The minimum Gasteiger partial charge on any atom is -0.507 e. The van der Waals surface area contributed by atoms with Gasteiger partial charge < -0.3 is 10.1 Å². The molecule has 0 aliphatic heterocycles. The summed E-state index contributed by atoms with van der Waals surface area (Å²) in [7, 11) is 0. The zero-order chi connectivity index (χ0) is 17.9. The molecule has 0 aliphatic carbocycles. The molecular formula is C20H16N4O2. The molecule has 3 aromatic carbocycles. The van der Waals surface area contributed by atoms with E-state index in [0.717, 1.165) is 27.4 Å². The molecule has 0 atom stereocenters. The fourth-order valence-corrected chi connectivity index (χ4v) is 2.87. The second kappa shape index (κ2) is 6.68. The average molecular weight is 344 g/mol. The van der Waals surface area contributed by atoms with Gasteiger partial charge in [-0.25, -0.2) is 10.4 Å². The molecule has 1 heterocycles. The van der Waals surface area contributed by atoms with Crippen LogP contribution in [0.15, 0.2) is 66.0 Å². The number of rotatable bonds is 4. The molecule has 4 aromatic rings. The maximum atomic E-state index is 12.1. The third kappa shape index (κ3) is 3.12. The normalized spacial score (nSPS) is 11.4. The van der Waals surface area contributed by atoms with Crippen molar-refractivity contribution in [1.29, 1.82) is 0 Å². The lowest BCUT2D eigenvalue weighted by atomic mass is 10.1. The predicted octanol–water partition coefficient (Wildman–Crippen LogP) is 3.11. The number of imidazole rings is 1. The van der Waals surface area contributed by atoms with E-state index in [1.54, 1.807) is 12.4 Å². The van der Waals surface area contributed by atoms with Gasteiger partial charge in [-0.05, 0) is 29.1 Å². The number of nitrogens with one attached hydrogen (secondary N) is 2. The van der Waals surface area contributed by atoms with Crippen LogP contribution in [0.25, 0.3) is 21.8 Å². The molecule has 1 amide bonds. The summed E-state index contributed by atoms with van der Waals surface area (Å²) in [4.78, 5) is 19.2. The van der Waals surface area contributed by atoms with Gasteiger partial charge in [0.15, 0.2) is 0 Å². The molecule has 0 unspecified atom stereocenters. The molecule has 0 bridgehead atoms. The highest BCUT2D eigenvalue weighted by Crippen LogP contribution is 2.27. The Morgan fingerprint density at radius 3 is 3.00 bits per heavy atom. The molecule has 6 nitrogen and oxygen atoms in total. The van der Waals surface area contributed by atoms with E-state index in [4.69, 9.17) is 0 Å². The van der Waals surface area contributed by atoms with Gasteiger partial charge in [-0.3, -0.25) is 4.79 Å². The van der Waals surface area contributed by atoms with Crippen LogP contribution < -0.4 is 5.43 Å². The highest BCUT2D eigenvalue weighted by molar-refractivity contribution is 5.97. The average Bonchev–Trinajstić information content (AvgIpc) is 3.11. The number of amides is 1. The Morgan fingerprint density at radius 1 is 1.19 bits per heavy atom. The summed E-state index contributed by atoms with van der Waals surface area (Å²) in [6.45, 7) is 0. The number of H-pyrrole nitrogens is 1. The first kappa shape index (κ1) is 15.8. The number of fused-ring (bicyclic) bond motifs is 2. The van der Waals surface area contributed by atoms with Gasteiger partial charge in [0.2, 0.25) is 5.91 Å². The molecule has 128 valence electrons. The second-order valence-electron chi connectivity index (χ2n) is 5.95. The monoisotopic (exact) mass is 344 g/mol. The third-order valence-electron chi connectivity index (χ3n) is 4.17. The molecule has 0 saturated heterocycles. The lowest BCUT2D eigenvalue weighted by Gasteiger charge is -2.04. The van der Waals surface area contributed by atoms with Gasteiger partial charge in [-0.2, -0.15) is 5.10 Å². The number of aromatic hydroxyl groups is 1. The van der Waals surface area contributed by atoms with E-state index in [9.17, 15) is 9.90 Å². The van der Waals surface area contributed by atoms with E-state index in [1.807, 2.05) is 48.5 Å². The summed E-state index contributed by atoms with van der Waals surface area (Å²) in [5.74, 6) is -0.0915. The minimum absolute atomic E-state index is 0.144. The van der Waals surface area contributed by atoms with Gasteiger partial charge >= 0.3 is 0 Å². The number of nitrogens with zero attached hydrogens (tertiary/aromatic N) is 2. The van der Waals surface area contributed by atoms with Crippen LogP contribution in [0.2, 0.25) is 0 Å². The fraction of sp³-hybridized carbons (Fsp3) is 0.0500. The van der Waals surface area contributed by atoms with Gasteiger partial charge in [-0.15, -0.1) is 0 Å². The highest BCUT2D eigenvalue weighted by atomic mass is 16.3. The van der Waals surface area contributed by atoms with Crippen molar-refractivity contribution in [2.24, 2.45) is 5.10 Å². The maximum absolute atomic E-state index is 12.1. The SMILES string of the molecule is O=C(Cc1ccc2nc[nH]c2c1)N/N=C/c1ccc2ccccc2c1O. The number of carbonyl (C=O) groups excluding carboxylic acids is 1. The van der Waals surface area contributed by atoms with Crippen molar-refractivity contribution >= 4 is 33.9 Å². The number of hydrazone groups is 1. The fourth-order valence-electron chi connectivity index (χ4n) is 2.87. The van der Waals surface area contributed by atoms with Gasteiger partial charge in [0.05, 0.1) is 30.0 Å². The molecule has 0 radical (unpaired) electrons. The molecular weight excluding hydrogens is 328 g/mol. The molecule has 1 aromatic heterocycles. The Hall–Kier alpha value is -3.67. The highest BCUT2D eigenvalue weighted by Gasteiger charge is 2.06. The van der Waals surface area contributed by atoms with E-state index in [2.05, 4.69) is 20.5 Å². The standard InChI is InChI=1S/C20H16N4O2/c25-19(10-13-5-8-17-18(9-13)22-12-21-17)24-23-11-15-7-6-14-3-1-2-4-16(14)20(15)26/h1-9,11-12,26H,10H2,(H,21,22)(H,24,25)/b23-11+. The van der Waals surface area contributed by atoms with E-state index < -0.39 is 0 Å². The first-order chi connectivity index (χ1) is 12.7. The molecule has 0 fully saturated rings. The van der Waals surface area contributed by atoms with Crippen molar-refractivity contribution in [2.45, 2.75) is 6.42 Å². The molecule has 4 rings (SSSR count). The predicted molar refractivity (Wildman–Crippen MR) is 101 cm³/mol. The topological polar surface area (TPSA) is 90.4 Å². The van der Waals surface area contributed by atoms with Gasteiger partial charge in [-0.1, -0.05) is 36.4 Å². The van der Waals surface area contributed by atoms with Gasteiger partial charge in [0.25, 0.3) is 0 Å². The second-order valence-corrected chi connectivity index (χ2v) is 5.95. The summed E-state index contributed by atoms with van der Waals surface area (Å²) in [5, 5.41) is 16.0. The Balaban J connectivity index is 1.44. The zero-order valence-electron chi connectivity index (χ0n) is 13.8. The Kier molecular flexibility index (Phi) is 4.07. The molecule has 0 aliphatic rings. The van der Waals surface area contributed by atoms with Crippen LogP contribution in [-0.4, -0.2) is 27.2 Å². The quantitative estimate of drug-likeness (QED) is 0.392. The number of aromatic amines is 1. The van der Waals surface area contributed by atoms with Gasteiger partial charge in [0, 0.05) is 10.9 Å². The van der Waals surface area contributed by atoms with Crippen molar-refractivity contribution in [2.75, 3.05) is 0 Å². The maximum Gasteiger partial charge on any atom is 0.244 e.